The van der Waals surface area contributed by atoms with E-state index in [0.29, 0.717) is 18.2 Å². The monoisotopic (exact) mass is 170 g/mol. The number of nitrogens with zero attached hydrogens (tertiary/aromatic N) is 1. The maximum Gasteiger partial charge on any atom is 0.0718 e. The summed E-state index contributed by atoms with van der Waals surface area (Å²) < 4.78 is 5.54. The van der Waals surface area contributed by atoms with E-state index in [-0.39, 0.29) is 0 Å². The summed E-state index contributed by atoms with van der Waals surface area (Å²) in [5, 5.41) is 0. The van der Waals surface area contributed by atoms with Crippen molar-refractivity contribution in [3.63, 3.8) is 0 Å². The summed E-state index contributed by atoms with van der Waals surface area (Å²) in [6, 6.07) is 1.26. The Hall–Kier alpha value is -0.120. The van der Waals surface area contributed by atoms with Crippen LogP contribution < -0.4 is 5.73 Å². The maximum atomic E-state index is 5.71. The van der Waals surface area contributed by atoms with Crippen molar-refractivity contribution in [2.45, 2.75) is 38.0 Å². The van der Waals surface area contributed by atoms with E-state index in [2.05, 4.69) is 11.8 Å². The van der Waals surface area contributed by atoms with Crippen molar-refractivity contribution >= 4 is 0 Å². The average molecular weight is 170 g/mol. The minimum atomic E-state index is 0.510. The number of hydrogen-bond acceptors (Lipinski definition) is 3. The summed E-state index contributed by atoms with van der Waals surface area (Å²) in [6.45, 7) is 5.05. The lowest BCUT2D eigenvalue weighted by Crippen LogP contribution is -2.47. The van der Waals surface area contributed by atoms with E-state index in [9.17, 15) is 0 Å². The van der Waals surface area contributed by atoms with Gasteiger partial charge < -0.3 is 10.5 Å². The molecule has 0 aromatic heterocycles. The molecular weight excluding hydrogens is 152 g/mol. The number of morpholine rings is 1. The van der Waals surface area contributed by atoms with Gasteiger partial charge in [-0.15, -0.1) is 0 Å². The Labute approximate surface area is 73.9 Å². The van der Waals surface area contributed by atoms with Crippen molar-refractivity contribution in [1.82, 2.24) is 4.90 Å². The zero-order valence-electron chi connectivity index (χ0n) is 7.70. The van der Waals surface area contributed by atoms with Gasteiger partial charge in [0.2, 0.25) is 0 Å². The second-order valence-electron chi connectivity index (χ2n) is 3.84. The largest absolute Gasteiger partial charge is 0.375 e. The molecule has 0 saturated carbocycles. The number of fused-ring (bicyclic) bond motifs is 2. The molecular formula is C9H18N2O. The molecule has 2 rings (SSSR count). The number of ether oxygens (including phenoxy) is 1. The van der Waals surface area contributed by atoms with Crippen molar-refractivity contribution in [3.8, 4) is 0 Å². The Balaban J connectivity index is 1.96. The van der Waals surface area contributed by atoms with E-state index < -0.39 is 0 Å². The molecule has 2 saturated heterocycles. The second-order valence-corrected chi connectivity index (χ2v) is 3.84. The summed E-state index contributed by atoms with van der Waals surface area (Å²) in [5.41, 5.74) is 5.71. The third-order valence-electron chi connectivity index (χ3n) is 3.16. The highest BCUT2D eigenvalue weighted by atomic mass is 16.5. The fraction of sp³-hybridized carbons (Fsp3) is 1.00. The lowest BCUT2D eigenvalue weighted by Gasteiger charge is -2.33. The summed E-state index contributed by atoms with van der Waals surface area (Å²) >= 11 is 0. The molecule has 0 aromatic rings. The Bertz CT molecular complexity index is 159. The Kier molecular flexibility index (Phi) is 2.35. The Morgan fingerprint density at radius 3 is 2.92 bits per heavy atom. The van der Waals surface area contributed by atoms with Crippen LogP contribution in [0.3, 0.4) is 0 Å². The summed E-state index contributed by atoms with van der Waals surface area (Å²) in [7, 11) is 0. The van der Waals surface area contributed by atoms with Crippen molar-refractivity contribution in [2.75, 3.05) is 19.7 Å². The zero-order chi connectivity index (χ0) is 8.55. The fourth-order valence-electron chi connectivity index (χ4n) is 2.41. The molecule has 0 aromatic carbocycles. The van der Waals surface area contributed by atoms with E-state index in [0.717, 1.165) is 19.7 Å². The van der Waals surface area contributed by atoms with Crippen molar-refractivity contribution in [3.05, 3.63) is 0 Å². The predicted octanol–water partition coefficient (Wildman–Crippen LogP) is 0.197. The van der Waals surface area contributed by atoms with Gasteiger partial charge in [-0.3, -0.25) is 4.90 Å². The van der Waals surface area contributed by atoms with Crippen LogP contribution in [0.4, 0.5) is 0 Å². The van der Waals surface area contributed by atoms with Crippen molar-refractivity contribution < 1.29 is 4.74 Å². The lowest BCUT2D eigenvalue weighted by atomic mass is 10.1. The Morgan fingerprint density at radius 1 is 1.67 bits per heavy atom. The van der Waals surface area contributed by atoms with Crippen LogP contribution >= 0.6 is 0 Å². The third kappa shape index (κ3) is 1.26. The minimum Gasteiger partial charge on any atom is -0.375 e. The molecule has 0 amide bonds. The zero-order valence-corrected chi connectivity index (χ0v) is 7.70. The van der Waals surface area contributed by atoms with Gasteiger partial charge >= 0.3 is 0 Å². The molecule has 3 unspecified atom stereocenters. The van der Waals surface area contributed by atoms with Crippen LogP contribution in [0.5, 0.6) is 0 Å². The molecule has 2 fully saturated rings. The van der Waals surface area contributed by atoms with Crippen LogP contribution in [-0.2, 0) is 4.74 Å². The van der Waals surface area contributed by atoms with E-state index in [1.807, 2.05) is 0 Å². The summed E-state index contributed by atoms with van der Waals surface area (Å²) in [5.74, 6) is 0. The van der Waals surface area contributed by atoms with Gasteiger partial charge in [-0.05, 0) is 12.8 Å². The topological polar surface area (TPSA) is 38.5 Å². The molecule has 0 spiro atoms. The number of nitrogens with two attached hydrogens (primary N) is 1. The Morgan fingerprint density at radius 2 is 2.50 bits per heavy atom. The van der Waals surface area contributed by atoms with Gasteiger partial charge in [-0.2, -0.15) is 0 Å². The molecule has 3 heteroatoms. The normalized spacial score (nSPS) is 37.5. The minimum absolute atomic E-state index is 0.510. The standard InChI is InChI=1S/C9H18N2O/c1-2-7(4-10)11-5-9-3-8(11)6-12-9/h7-9H,2-6,10H2,1H3. The van der Waals surface area contributed by atoms with Crippen LogP contribution in [0.2, 0.25) is 0 Å². The van der Waals surface area contributed by atoms with Crippen LogP contribution in [0.25, 0.3) is 0 Å². The van der Waals surface area contributed by atoms with E-state index in [4.69, 9.17) is 10.5 Å². The van der Waals surface area contributed by atoms with E-state index >= 15 is 0 Å². The molecule has 0 aliphatic carbocycles. The molecule has 2 bridgehead atoms. The van der Waals surface area contributed by atoms with Crippen LogP contribution in [0.15, 0.2) is 0 Å². The van der Waals surface area contributed by atoms with Crippen LogP contribution in [0.1, 0.15) is 19.8 Å². The fourth-order valence-corrected chi connectivity index (χ4v) is 2.41. The van der Waals surface area contributed by atoms with Crippen LogP contribution in [-0.4, -0.2) is 42.8 Å². The first-order valence-electron chi connectivity index (χ1n) is 4.92. The quantitative estimate of drug-likeness (QED) is 0.657. The molecule has 0 radical (unpaired) electrons. The maximum absolute atomic E-state index is 5.71. The molecule has 12 heavy (non-hydrogen) atoms. The average Bonchev–Trinajstić information content (AvgIpc) is 2.67. The molecule has 2 N–H and O–H groups in total. The molecule has 2 aliphatic rings. The second kappa shape index (κ2) is 3.32. The molecule has 2 aliphatic heterocycles. The molecule has 3 atom stereocenters. The van der Waals surface area contributed by atoms with Crippen molar-refractivity contribution in [1.29, 1.82) is 0 Å². The predicted molar refractivity (Wildman–Crippen MR) is 48.0 cm³/mol. The van der Waals surface area contributed by atoms with E-state index in [1.54, 1.807) is 0 Å². The molecule has 3 nitrogen and oxygen atoms in total. The number of hydrogen-bond donors (Lipinski definition) is 1. The van der Waals surface area contributed by atoms with Gasteiger partial charge in [0, 0.05) is 25.2 Å². The lowest BCUT2D eigenvalue weighted by molar-refractivity contribution is 0.0123. The first-order chi connectivity index (χ1) is 5.85. The smallest absolute Gasteiger partial charge is 0.0718 e. The molecule has 2 heterocycles. The van der Waals surface area contributed by atoms with Gasteiger partial charge in [0.05, 0.1) is 12.7 Å². The first-order valence-corrected chi connectivity index (χ1v) is 4.92. The summed E-state index contributed by atoms with van der Waals surface area (Å²) in [4.78, 5) is 2.54. The van der Waals surface area contributed by atoms with Gasteiger partial charge in [0.25, 0.3) is 0 Å². The molecule has 70 valence electrons. The van der Waals surface area contributed by atoms with Gasteiger partial charge in [-0.1, -0.05) is 6.92 Å². The van der Waals surface area contributed by atoms with Gasteiger partial charge in [-0.25, -0.2) is 0 Å². The number of rotatable bonds is 3. The number of likely N-dealkylation sites (tertiary alicyclic amines) is 1. The van der Waals surface area contributed by atoms with Gasteiger partial charge in [0.1, 0.15) is 0 Å². The van der Waals surface area contributed by atoms with Crippen LogP contribution in [0, 0.1) is 0 Å². The third-order valence-corrected chi connectivity index (χ3v) is 3.16. The van der Waals surface area contributed by atoms with Crippen molar-refractivity contribution in [2.24, 2.45) is 5.73 Å². The SMILES string of the molecule is CCC(CN)N1CC2CC1CO2. The van der Waals surface area contributed by atoms with Gasteiger partial charge in [0.15, 0.2) is 0 Å². The van der Waals surface area contributed by atoms with E-state index in [1.165, 1.54) is 12.8 Å². The summed E-state index contributed by atoms with van der Waals surface area (Å²) in [6.07, 6.45) is 2.91. The first kappa shape index (κ1) is 8.48. The highest BCUT2D eigenvalue weighted by molar-refractivity contribution is 4.94. The highest BCUT2D eigenvalue weighted by Gasteiger charge is 2.41. The highest BCUT2D eigenvalue weighted by Crippen LogP contribution is 2.29.